The number of amides is 1. The molecule has 0 aliphatic rings. The molecule has 24 heavy (non-hydrogen) atoms. The van der Waals surface area contributed by atoms with Gasteiger partial charge in [0.1, 0.15) is 17.6 Å². The number of carbonyl (C=O) groups is 1. The van der Waals surface area contributed by atoms with Gasteiger partial charge in [0.2, 0.25) is 5.91 Å². The zero-order chi connectivity index (χ0) is 16.9. The smallest absolute Gasteiger partial charge is 0.244 e. The molecule has 1 unspecified atom stereocenters. The van der Waals surface area contributed by atoms with Crippen molar-refractivity contribution in [2.75, 3.05) is 0 Å². The summed E-state index contributed by atoms with van der Waals surface area (Å²) in [6.45, 7) is 2.03. The molecule has 3 rings (SSSR count). The molecule has 0 fully saturated rings. The summed E-state index contributed by atoms with van der Waals surface area (Å²) < 4.78 is 7.10. The highest BCUT2D eigenvalue weighted by Crippen LogP contribution is 2.21. The fraction of sp³-hybridized carbons (Fsp3) is 0.158. The Labute approximate surface area is 140 Å². The van der Waals surface area contributed by atoms with Crippen molar-refractivity contribution in [2.45, 2.75) is 13.0 Å². The average molecular weight is 321 g/mol. The summed E-state index contributed by atoms with van der Waals surface area (Å²) in [7, 11) is 1.91. The lowest BCUT2D eigenvalue weighted by Crippen LogP contribution is -2.29. The number of furan rings is 1. The molecule has 0 aliphatic carbocycles. The third-order valence-electron chi connectivity index (χ3n) is 3.76. The minimum atomic E-state index is -0.320. The van der Waals surface area contributed by atoms with Gasteiger partial charge < -0.3 is 14.3 Å². The van der Waals surface area contributed by atoms with Crippen LogP contribution in [0, 0.1) is 6.92 Å². The van der Waals surface area contributed by atoms with Crippen molar-refractivity contribution in [1.29, 1.82) is 0 Å². The van der Waals surface area contributed by atoms with E-state index in [0.717, 1.165) is 11.4 Å². The molecular weight excluding hydrogens is 302 g/mol. The molecule has 0 spiro atoms. The first-order valence-corrected chi connectivity index (χ1v) is 7.69. The van der Waals surface area contributed by atoms with Gasteiger partial charge in [-0.15, -0.1) is 0 Å². The highest BCUT2D eigenvalue weighted by atomic mass is 16.3. The van der Waals surface area contributed by atoms with Crippen molar-refractivity contribution in [1.82, 2.24) is 14.9 Å². The van der Waals surface area contributed by atoms with E-state index in [9.17, 15) is 4.79 Å². The summed E-state index contributed by atoms with van der Waals surface area (Å²) in [6.07, 6.45) is 8.26. The Morgan fingerprint density at radius 1 is 1.29 bits per heavy atom. The third kappa shape index (κ3) is 3.63. The Balaban J connectivity index is 1.84. The highest BCUT2D eigenvalue weighted by Gasteiger charge is 2.19. The van der Waals surface area contributed by atoms with Crippen molar-refractivity contribution >= 4 is 12.0 Å². The first-order chi connectivity index (χ1) is 11.6. The molecule has 122 valence electrons. The van der Waals surface area contributed by atoms with E-state index >= 15 is 0 Å². The van der Waals surface area contributed by atoms with Gasteiger partial charge in [-0.2, -0.15) is 0 Å². The predicted octanol–water partition coefficient (Wildman–Crippen LogP) is 3.24. The van der Waals surface area contributed by atoms with Gasteiger partial charge in [-0.25, -0.2) is 4.98 Å². The fourth-order valence-corrected chi connectivity index (χ4v) is 2.45. The summed E-state index contributed by atoms with van der Waals surface area (Å²) in [5.74, 6) is 1.20. The molecule has 0 bridgehead atoms. The Bertz CT molecular complexity index is 830. The second-order valence-electron chi connectivity index (χ2n) is 5.60. The van der Waals surface area contributed by atoms with Crippen LogP contribution in [0.1, 0.15) is 28.8 Å². The number of imidazole rings is 1. The molecule has 2 aromatic heterocycles. The summed E-state index contributed by atoms with van der Waals surface area (Å²) >= 11 is 0. The van der Waals surface area contributed by atoms with Crippen LogP contribution >= 0.6 is 0 Å². The number of nitrogens with zero attached hydrogens (tertiary/aromatic N) is 2. The number of aryl methyl sites for hydroxylation is 2. The maximum absolute atomic E-state index is 12.3. The molecule has 5 heteroatoms. The maximum atomic E-state index is 12.3. The van der Waals surface area contributed by atoms with Crippen molar-refractivity contribution in [3.63, 3.8) is 0 Å². The second kappa shape index (κ2) is 7.00. The summed E-state index contributed by atoms with van der Waals surface area (Å²) in [5.41, 5.74) is 2.15. The predicted molar refractivity (Wildman–Crippen MR) is 92.1 cm³/mol. The van der Waals surface area contributed by atoms with Crippen LogP contribution in [0.2, 0.25) is 0 Å². The summed E-state index contributed by atoms with van der Waals surface area (Å²) in [6, 6.07) is 11.3. The topological polar surface area (TPSA) is 60.1 Å². The van der Waals surface area contributed by atoms with Crippen molar-refractivity contribution < 1.29 is 9.21 Å². The SMILES string of the molecule is Cc1ccc(C(NC(=O)/C=C/c2ccco2)c2nccn2C)cc1. The summed E-state index contributed by atoms with van der Waals surface area (Å²) in [5, 5.41) is 3.01. The molecule has 1 atom stereocenters. The Hall–Kier alpha value is -3.08. The van der Waals surface area contributed by atoms with Gasteiger partial charge in [-0.1, -0.05) is 29.8 Å². The number of aromatic nitrogens is 2. The van der Waals surface area contributed by atoms with E-state index in [1.54, 1.807) is 30.7 Å². The molecule has 1 amide bonds. The number of hydrogen-bond donors (Lipinski definition) is 1. The van der Waals surface area contributed by atoms with Crippen LogP contribution in [0.4, 0.5) is 0 Å². The van der Waals surface area contributed by atoms with E-state index in [-0.39, 0.29) is 11.9 Å². The van der Waals surface area contributed by atoms with Crippen LogP contribution in [0.25, 0.3) is 6.08 Å². The molecule has 2 heterocycles. The van der Waals surface area contributed by atoms with Gasteiger partial charge in [0.15, 0.2) is 0 Å². The zero-order valence-corrected chi connectivity index (χ0v) is 13.6. The van der Waals surface area contributed by atoms with E-state index in [1.165, 1.54) is 11.6 Å². The molecule has 0 saturated carbocycles. The lowest BCUT2D eigenvalue weighted by Gasteiger charge is -2.18. The van der Waals surface area contributed by atoms with Crippen LogP contribution in [-0.4, -0.2) is 15.5 Å². The van der Waals surface area contributed by atoms with E-state index < -0.39 is 0 Å². The molecular formula is C19H19N3O2. The van der Waals surface area contributed by atoms with Crippen LogP contribution in [0.5, 0.6) is 0 Å². The minimum absolute atomic E-state index is 0.208. The Morgan fingerprint density at radius 3 is 2.71 bits per heavy atom. The van der Waals surface area contributed by atoms with Crippen molar-refractivity contribution in [3.05, 3.63) is 83.8 Å². The Morgan fingerprint density at radius 2 is 2.08 bits per heavy atom. The maximum Gasteiger partial charge on any atom is 0.244 e. The van der Waals surface area contributed by atoms with Gasteiger partial charge in [-0.3, -0.25) is 4.79 Å². The zero-order valence-electron chi connectivity index (χ0n) is 13.6. The highest BCUT2D eigenvalue weighted by molar-refractivity contribution is 5.91. The molecule has 0 aliphatic heterocycles. The van der Waals surface area contributed by atoms with Crippen LogP contribution in [0.3, 0.4) is 0 Å². The number of rotatable bonds is 5. The van der Waals surface area contributed by atoms with E-state index in [1.807, 2.05) is 49.0 Å². The normalized spacial score (nSPS) is 12.4. The lowest BCUT2D eigenvalue weighted by molar-refractivity contribution is -0.117. The average Bonchev–Trinajstić information content (AvgIpc) is 3.23. The standard InChI is InChI=1S/C19H19N3O2/c1-14-5-7-15(8-6-14)18(19-20-11-12-22(19)2)21-17(23)10-9-16-4-3-13-24-16/h3-13,18H,1-2H3,(H,21,23)/b10-9+. The molecule has 5 nitrogen and oxygen atoms in total. The lowest BCUT2D eigenvalue weighted by atomic mass is 10.0. The van der Waals surface area contributed by atoms with E-state index in [0.29, 0.717) is 5.76 Å². The fourth-order valence-electron chi connectivity index (χ4n) is 2.45. The van der Waals surface area contributed by atoms with Crippen LogP contribution in [0.15, 0.2) is 65.5 Å². The molecule has 1 aromatic carbocycles. The number of carbonyl (C=O) groups excluding carboxylic acids is 1. The number of nitrogens with one attached hydrogen (secondary N) is 1. The van der Waals surface area contributed by atoms with Gasteiger partial charge >= 0.3 is 0 Å². The Kier molecular flexibility index (Phi) is 4.61. The third-order valence-corrected chi connectivity index (χ3v) is 3.76. The van der Waals surface area contributed by atoms with Crippen molar-refractivity contribution in [2.24, 2.45) is 7.05 Å². The monoisotopic (exact) mass is 321 g/mol. The quantitative estimate of drug-likeness (QED) is 0.734. The van der Waals surface area contributed by atoms with Gasteiger partial charge in [0, 0.05) is 25.5 Å². The second-order valence-corrected chi connectivity index (χ2v) is 5.60. The molecule has 0 radical (unpaired) electrons. The van der Waals surface area contributed by atoms with Crippen LogP contribution < -0.4 is 5.32 Å². The van der Waals surface area contributed by atoms with Gasteiger partial charge in [0.25, 0.3) is 0 Å². The molecule has 1 N–H and O–H groups in total. The first kappa shape index (κ1) is 15.8. The minimum Gasteiger partial charge on any atom is -0.465 e. The first-order valence-electron chi connectivity index (χ1n) is 7.69. The summed E-state index contributed by atoms with van der Waals surface area (Å²) in [4.78, 5) is 16.7. The van der Waals surface area contributed by atoms with Gasteiger partial charge in [0.05, 0.1) is 6.26 Å². The molecule has 0 saturated heterocycles. The largest absolute Gasteiger partial charge is 0.465 e. The van der Waals surface area contributed by atoms with Crippen molar-refractivity contribution in [3.8, 4) is 0 Å². The number of hydrogen-bond acceptors (Lipinski definition) is 3. The van der Waals surface area contributed by atoms with Gasteiger partial charge in [-0.05, 0) is 30.7 Å². The van der Waals surface area contributed by atoms with E-state index in [2.05, 4.69) is 10.3 Å². The van der Waals surface area contributed by atoms with E-state index in [4.69, 9.17) is 4.42 Å². The molecule has 3 aromatic rings. The number of benzene rings is 1. The van der Waals surface area contributed by atoms with Crippen LogP contribution in [-0.2, 0) is 11.8 Å².